The van der Waals surface area contributed by atoms with Gasteiger partial charge >= 0.3 is 0 Å². The van der Waals surface area contributed by atoms with Crippen molar-refractivity contribution >= 4 is 21.6 Å². The number of hydrogen-bond acceptors (Lipinski definition) is 6. The van der Waals surface area contributed by atoms with Crippen LogP contribution in [0.2, 0.25) is 0 Å². The highest BCUT2D eigenvalue weighted by Gasteiger charge is 2.32. The number of halogens is 1. The number of amides is 1. The normalized spacial score (nSPS) is 17.2. The van der Waals surface area contributed by atoms with Crippen LogP contribution in [0.1, 0.15) is 27.2 Å². The molecule has 0 saturated carbocycles. The number of aliphatic hydroxyl groups is 1. The number of nitrogens with one attached hydrogen (secondary N) is 1. The van der Waals surface area contributed by atoms with E-state index in [1.165, 1.54) is 16.4 Å². The van der Waals surface area contributed by atoms with E-state index in [2.05, 4.69) is 5.48 Å². The van der Waals surface area contributed by atoms with Gasteiger partial charge in [0.15, 0.2) is 0 Å². The Morgan fingerprint density at radius 3 is 2.31 bits per heavy atom. The molecule has 0 radical (unpaired) electrons. The summed E-state index contributed by atoms with van der Waals surface area (Å²) in [5, 5.41) is 9.24. The van der Waals surface area contributed by atoms with Crippen LogP contribution in [0.25, 0.3) is 0 Å². The third kappa shape index (κ3) is 7.22. The molecule has 8 nitrogen and oxygen atoms in total. The number of sulfonamides is 1. The first-order valence-corrected chi connectivity index (χ1v) is 11.2. The third-order valence-electron chi connectivity index (χ3n) is 4.54. The van der Waals surface area contributed by atoms with Crippen molar-refractivity contribution < 1.29 is 27.5 Å². The van der Waals surface area contributed by atoms with Crippen molar-refractivity contribution in [2.75, 3.05) is 43.4 Å². The predicted molar refractivity (Wildman–Crippen MR) is 108 cm³/mol. The number of hydrogen-bond donors (Lipinski definition) is 2. The van der Waals surface area contributed by atoms with Gasteiger partial charge in [-0.3, -0.25) is 9.63 Å². The van der Waals surface area contributed by atoms with Crippen LogP contribution in [0.15, 0.2) is 24.3 Å². The lowest BCUT2D eigenvalue weighted by molar-refractivity contribution is -0.149. The van der Waals surface area contributed by atoms with E-state index in [0.29, 0.717) is 13.1 Å². The van der Waals surface area contributed by atoms with Crippen molar-refractivity contribution in [2.45, 2.75) is 32.8 Å². The average Bonchev–Trinajstić information content (AvgIpc) is 2.66. The van der Waals surface area contributed by atoms with Crippen LogP contribution < -0.4 is 10.4 Å². The first-order valence-electron chi connectivity index (χ1n) is 9.59. The summed E-state index contributed by atoms with van der Waals surface area (Å²) >= 11 is 0. The van der Waals surface area contributed by atoms with Gasteiger partial charge in [0.05, 0.1) is 17.3 Å². The molecule has 2 N–H and O–H groups in total. The Morgan fingerprint density at radius 2 is 1.79 bits per heavy atom. The minimum Gasteiger partial charge on any atom is -0.396 e. The fraction of sp³-hybridized carbons (Fsp3) is 0.632. The van der Waals surface area contributed by atoms with E-state index in [4.69, 9.17) is 4.84 Å². The molecule has 1 aromatic carbocycles. The molecule has 2 rings (SSSR count). The van der Waals surface area contributed by atoms with E-state index < -0.39 is 33.2 Å². The highest BCUT2D eigenvalue weighted by Crippen LogP contribution is 2.20. The van der Waals surface area contributed by atoms with Crippen molar-refractivity contribution in [3.05, 3.63) is 30.1 Å². The van der Waals surface area contributed by atoms with E-state index in [1.54, 1.807) is 32.9 Å². The Kier molecular flexibility index (Phi) is 7.98. The van der Waals surface area contributed by atoms with Crippen LogP contribution in [0.3, 0.4) is 0 Å². The molecule has 1 aliphatic heterocycles. The lowest BCUT2D eigenvalue weighted by atomic mass is 10.1. The van der Waals surface area contributed by atoms with Gasteiger partial charge in [0.2, 0.25) is 15.9 Å². The van der Waals surface area contributed by atoms with E-state index >= 15 is 0 Å². The van der Waals surface area contributed by atoms with Crippen LogP contribution in [0.4, 0.5) is 10.1 Å². The fourth-order valence-corrected chi connectivity index (χ4v) is 4.73. The van der Waals surface area contributed by atoms with Gasteiger partial charge in [-0.05, 0) is 51.5 Å². The number of anilines is 1. The molecule has 1 amide bonds. The van der Waals surface area contributed by atoms with Gasteiger partial charge in [-0.1, -0.05) is 0 Å². The van der Waals surface area contributed by atoms with Gasteiger partial charge in [0.1, 0.15) is 5.82 Å². The molecule has 0 spiro atoms. The number of rotatable bonds is 8. The summed E-state index contributed by atoms with van der Waals surface area (Å²) in [6.45, 7) is 6.44. The number of nitrogens with zero attached hydrogens (tertiary/aromatic N) is 2. The summed E-state index contributed by atoms with van der Waals surface area (Å²) in [4.78, 5) is 19.5. The molecule has 1 atom stereocenters. The van der Waals surface area contributed by atoms with Crippen molar-refractivity contribution in [2.24, 2.45) is 5.92 Å². The van der Waals surface area contributed by atoms with Crippen molar-refractivity contribution in [3.63, 3.8) is 0 Å². The monoisotopic (exact) mass is 431 g/mol. The Balaban J connectivity index is 1.96. The van der Waals surface area contributed by atoms with Crippen molar-refractivity contribution in [3.8, 4) is 0 Å². The number of carbonyl (C=O) groups is 1. The molecule has 0 bridgehead atoms. The van der Waals surface area contributed by atoms with Gasteiger partial charge in [-0.15, -0.1) is 0 Å². The number of benzene rings is 1. The minimum atomic E-state index is -3.70. The van der Waals surface area contributed by atoms with Crippen LogP contribution in [0, 0.1) is 11.7 Å². The highest BCUT2D eigenvalue weighted by molar-refractivity contribution is 7.89. The average molecular weight is 432 g/mol. The maximum atomic E-state index is 13.1. The predicted octanol–water partition coefficient (Wildman–Crippen LogP) is 1.12. The van der Waals surface area contributed by atoms with E-state index in [9.17, 15) is 22.7 Å². The van der Waals surface area contributed by atoms with Gasteiger partial charge in [0, 0.05) is 38.5 Å². The molecule has 1 fully saturated rings. The zero-order chi connectivity index (χ0) is 21.7. The summed E-state index contributed by atoms with van der Waals surface area (Å²) in [7, 11) is -3.70. The maximum Gasteiger partial charge on any atom is 0.247 e. The molecule has 1 saturated heterocycles. The molecule has 10 heteroatoms. The van der Waals surface area contributed by atoms with Gasteiger partial charge < -0.3 is 10.0 Å². The zero-order valence-electron chi connectivity index (χ0n) is 17.1. The minimum absolute atomic E-state index is 0.0219. The molecular formula is C19H30FN3O5S. The fourth-order valence-electron chi connectivity index (χ4n) is 2.97. The Labute approximate surface area is 171 Å². The van der Waals surface area contributed by atoms with Crippen LogP contribution in [0.5, 0.6) is 0 Å². The van der Waals surface area contributed by atoms with Crippen LogP contribution in [-0.4, -0.2) is 67.9 Å². The summed E-state index contributed by atoms with van der Waals surface area (Å²) < 4.78 is 40.1. The molecule has 1 aromatic rings. The summed E-state index contributed by atoms with van der Waals surface area (Å²) in [6, 6.07) is 6.07. The Hall–Kier alpha value is -1.75. The molecule has 0 aromatic heterocycles. The molecule has 1 heterocycles. The van der Waals surface area contributed by atoms with Crippen LogP contribution >= 0.6 is 0 Å². The second-order valence-electron chi connectivity index (χ2n) is 8.03. The van der Waals surface area contributed by atoms with E-state index in [0.717, 1.165) is 5.69 Å². The Bertz CT molecular complexity index is 772. The molecule has 1 aliphatic rings. The van der Waals surface area contributed by atoms with Gasteiger partial charge in [0.25, 0.3) is 0 Å². The summed E-state index contributed by atoms with van der Waals surface area (Å²) in [5.74, 6) is -2.20. The van der Waals surface area contributed by atoms with Gasteiger partial charge in [-0.25, -0.2) is 18.3 Å². The third-order valence-corrected chi connectivity index (χ3v) is 6.52. The van der Waals surface area contributed by atoms with E-state index in [1.807, 2.05) is 4.90 Å². The molecule has 29 heavy (non-hydrogen) atoms. The standard InChI is InChI=1S/C19H30FN3O5S/c1-19(2,3)28-21-18(25)15(8-13-24)14-29(26,27)23-11-9-22(10-12-23)17-6-4-16(20)5-7-17/h4-7,15,24H,8-14H2,1-3H3,(H,21,25). The number of hydroxylamine groups is 1. The second kappa shape index (κ2) is 9.84. The summed E-state index contributed by atoms with van der Waals surface area (Å²) in [6.07, 6.45) is 0.0219. The van der Waals surface area contributed by atoms with Crippen molar-refractivity contribution in [1.29, 1.82) is 0 Å². The van der Waals surface area contributed by atoms with E-state index in [-0.39, 0.29) is 31.9 Å². The first-order chi connectivity index (χ1) is 13.5. The number of aliphatic hydroxyl groups excluding tert-OH is 1. The molecule has 0 aliphatic carbocycles. The number of carbonyl (C=O) groups excluding carboxylic acids is 1. The molecule has 164 valence electrons. The van der Waals surface area contributed by atoms with Crippen LogP contribution in [-0.2, 0) is 19.7 Å². The SMILES string of the molecule is CC(C)(C)ONC(=O)C(CCO)CS(=O)(=O)N1CCN(c2ccc(F)cc2)CC1. The zero-order valence-corrected chi connectivity index (χ0v) is 17.9. The van der Waals surface area contributed by atoms with Gasteiger partial charge in [-0.2, -0.15) is 4.31 Å². The largest absolute Gasteiger partial charge is 0.396 e. The summed E-state index contributed by atoms with van der Waals surface area (Å²) in [5.41, 5.74) is 2.51. The second-order valence-corrected chi connectivity index (χ2v) is 10.0. The Morgan fingerprint density at radius 1 is 1.21 bits per heavy atom. The first kappa shape index (κ1) is 23.5. The molecule has 1 unspecified atom stereocenters. The number of piperazine rings is 1. The van der Waals surface area contributed by atoms with Crippen molar-refractivity contribution in [1.82, 2.24) is 9.79 Å². The highest BCUT2D eigenvalue weighted by atomic mass is 32.2. The topological polar surface area (TPSA) is 99.2 Å². The lowest BCUT2D eigenvalue weighted by Gasteiger charge is -2.36. The lowest BCUT2D eigenvalue weighted by Crippen LogP contribution is -2.50. The maximum absolute atomic E-state index is 13.1. The smallest absolute Gasteiger partial charge is 0.247 e. The quantitative estimate of drug-likeness (QED) is 0.599. The molecular weight excluding hydrogens is 401 g/mol.